The van der Waals surface area contributed by atoms with Crippen LogP contribution in [0.5, 0.6) is 11.5 Å². The van der Waals surface area contributed by atoms with Gasteiger partial charge >= 0.3 is 0 Å². The van der Waals surface area contributed by atoms with Crippen LogP contribution in [0.3, 0.4) is 0 Å². The van der Waals surface area contributed by atoms with Gasteiger partial charge in [0, 0.05) is 19.3 Å². The molecule has 1 aliphatic carbocycles. The summed E-state index contributed by atoms with van der Waals surface area (Å²) < 4.78 is 11.5. The molecule has 4 atom stereocenters. The van der Waals surface area contributed by atoms with Crippen LogP contribution in [0.2, 0.25) is 0 Å². The van der Waals surface area contributed by atoms with Crippen molar-refractivity contribution in [2.45, 2.75) is 25.0 Å². The maximum Gasteiger partial charge on any atom is 0.161 e. The Kier molecular flexibility index (Phi) is 4.87. The molecule has 2 fully saturated rings. The monoisotopic (exact) mass is 365 g/mol. The van der Waals surface area contributed by atoms with Crippen molar-refractivity contribution in [3.63, 3.8) is 0 Å². The molecule has 0 unspecified atom stereocenters. The molecule has 27 heavy (non-hydrogen) atoms. The van der Waals surface area contributed by atoms with Gasteiger partial charge in [-0.15, -0.1) is 0 Å². The number of pyridine rings is 1. The Bertz CT molecular complexity index is 833. The number of para-hydroxylation sites is 2. The molecule has 1 aliphatic heterocycles. The molecule has 0 radical (unpaired) electrons. The summed E-state index contributed by atoms with van der Waals surface area (Å²) in [5.41, 5.74) is 0.566. The third-order valence-corrected chi connectivity index (χ3v) is 5.63. The average molecular weight is 365 g/mol. The van der Waals surface area contributed by atoms with Crippen molar-refractivity contribution in [2.24, 2.45) is 11.8 Å². The van der Waals surface area contributed by atoms with Gasteiger partial charge in [0.05, 0.1) is 18.8 Å². The van der Waals surface area contributed by atoms with Crippen LogP contribution in [0, 0.1) is 23.2 Å². The number of benzene rings is 1. The number of rotatable bonds is 4. The summed E-state index contributed by atoms with van der Waals surface area (Å²) in [7, 11) is 1.62. The van der Waals surface area contributed by atoms with Crippen molar-refractivity contribution < 1.29 is 14.6 Å². The molecule has 2 aliphatic rings. The van der Waals surface area contributed by atoms with E-state index in [-0.39, 0.29) is 6.10 Å². The van der Waals surface area contributed by atoms with E-state index in [2.05, 4.69) is 16.0 Å². The lowest BCUT2D eigenvalue weighted by Gasteiger charge is -2.35. The minimum Gasteiger partial charge on any atom is -0.493 e. The van der Waals surface area contributed by atoms with E-state index in [0.29, 0.717) is 28.9 Å². The zero-order valence-corrected chi connectivity index (χ0v) is 15.3. The number of nitriles is 1. The van der Waals surface area contributed by atoms with Crippen molar-refractivity contribution in [1.29, 1.82) is 5.26 Å². The van der Waals surface area contributed by atoms with E-state index >= 15 is 0 Å². The molecule has 6 nitrogen and oxygen atoms in total. The van der Waals surface area contributed by atoms with Crippen molar-refractivity contribution in [3.05, 3.63) is 48.2 Å². The topological polar surface area (TPSA) is 78.6 Å². The Morgan fingerprint density at radius 3 is 2.52 bits per heavy atom. The van der Waals surface area contributed by atoms with Crippen molar-refractivity contribution in [1.82, 2.24) is 4.98 Å². The second-order valence-electron chi connectivity index (χ2n) is 7.29. The summed E-state index contributed by atoms with van der Waals surface area (Å²) in [5, 5.41) is 19.6. The molecule has 0 spiro atoms. The van der Waals surface area contributed by atoms with Gasteiger partial charge in [0.2, 0.25) is 0 Å². The lowest BCUT2D eigenvalue weighted by atomic mass is 9.78. The smallest absolute Gasteiger partial charge is 0.161 e. The van der Waals surface area contributed by atoms with Gasteiger partial charge in [0.1, 0.15) is 18.0 Å². The minimum atomic E-state index is -0.495. The first-order valence-corrected chi connectivity index (χ1v) is 9.26. The number of aliphatic hydroxyl groups excluding tert-OH is 1. The van der Waals surface area contributed by atoms with Gasteiger partial charge < -0.3 is 19.5 Å². The van der Waals surface area contributed by atoms with Crippen LogP contribution in [0.1, 0.15) is 18.4 Å². The number of anilines is 1. The molecule has 0 bridgehead atoms. The van der Waals surface area contributed by atoms with E-state index in [1.807, 2.05) is 30.3 Å². The molecule has 140 valence electrons. The van der Waals surface area contributed by atoms with Gasteiger partial charge in [0.25, 0.3) is 0 Å². The third kappa shape index (κ3) is 3.56. The fraction of sp³-hybridized carbons (Fsp3) is 0.429. The fourth-order valence-electron chi connectivity index (χ4n) is 4.22. The van der Waals surface area contributed by atoms with E-state index in [9.17, 15) is 5.11 Å². The minimum absolute atomic E-state index is 0.239. The number of ether oxygens (including phenoxy) is 2. The van der Waals surface area contributed by atoms with Crippen LogP contribution in [0.25, 0.3) is 0 Å². The molecule has 4 rings (SSSR count). The summed E-state index contributed by atoms with van der Waals surface area (Å²) in [4.78, 5) is 6.66. The standard InChI is InChI=1S/C21H23N3O3/c1-26-18-4-2-3-5-19(18)27-20-9-16-13-24(12-15(16)8-17(20)25)21-7-6-14(10-22)11-23-21/h2-7,11,15-17,20,25H,8-9,12-13H2,1H3/t15-,16+,17+,20+/m0/s1. The summed E-state index contributed by atoms with van der Waals surface area (Å²) >= 11 is 0. The number of hydrogen-bond donors (Lipinski definition) is 1. The fourth-order valence-corrected chi connectivity index (χ4v) is 4.22. The molecule has 2 heterocycles. The largest absolute Gasteiger partial charge is 0.493 e. The maximum absolute atomic E-state index is 10.6. The average Bonchev–Trinajstić information content (AvgIpc) is 3.11. The number of aromatic nitrogens is 1. The molecular formula is C21H23N3O3. The van der Waals surface area contributed by atoms with Crippen LogP contribution in [0.15, 0.2) is 42.6 Å². The Morgan fingerprint density at radius 1 is 1.11 bits per heavy atom. The predicted octanol–water partition coefficient (Wildman–Crippen LogP) is 2.62. The highest BCUT2D eigenvalue weighted by Gasteiger charge is 2.43. The predicted molar refractivity (Wildman–Crippen MR) is 101 cm³/mol. The molecular weight excluding hydrogens is 342 g/mol. The number of hydrogen-bond acceptors (Lipinski definition) is 6. The van der Waals surface area contributed by atoms with Gasteiger partial charge in [-0.05, 0) is 48.9 Å². The highest BCUT2D eigenvalue weighted by molar-refractivity contribution is 5.43. The van der Waals surface area contributed by atoms with E-state index in [1.54, 1.807) is 19.4 Å². The Morgan fingerprint density at radius 2 is 1.85 bits per heavy atom. The lowest BCUT2D eigenvalue weighted by Crippen LogP contribution is -2.42. The van der Waals surface area contributed by atoms with E-state index < -0.39 is 6.10 Å². The van der Waals surface area contributed by atoms with Gasteiger partial charge in [0.15, 0.2) is 11.5 Å². The molecule has 0 amide bonds. The number of methoxy groups -OCH3 is 1. The number of nitrogens with zero attached hydrogens (tertiary/aromatic N) is 3. The summed E-state index contributed by atoms with van der Waals surface area (Å²) in [6.07, 6.45) is 2.40. The van der Waals surface area contributed by atoms with Crippen molar-refractivity contribution in [3.8, 4) is 17.6 Å². The van der Waals surface area contributed by atoms with Crippen LogP contribution in [-0.4, -0.2) is 42.5 Å². The van der Waals surface area contributed by atoms with Gasteiger partial charge in [-0.2, -0.15) is 5.26 Å². The molecule has 2 aromatic rings. The van der Waals surface area contributed by atoms with Gasteiger partial charge in [-0.3, -0.25) is 0 Å². The Hall–Kier alpha value is -2.78. The van der Waals surface area contributed by atoms with Gasteiger partial charge in [-0.25, -0.2) is 4.98 Å². The first-order valence-electron chi connectivity index (χ1n) is 9.26. The zero-order chi connectivity index (χ0) is 18.8. The van der Waals surface area contributed by atoms with E-state index in [1.165, 1.54) is 0 Å². The van der Waals surface area contributed by atoms with Crippen molar-refractivity contribution >= 4 is 5.82 Å². The molecule has 1 aromatic heterocycles. The van der Waals surface area contributed by atoms with E-state index in [4.69, 9.17) is 14.7 Å². The van der Waals surface area contributed by atoms with Crippen LogP contribution in [-0.2, 0) is 0 Å². The zero-order valence-electron chi connectivity index (χ0n) is 15.3. The lowest BCUT2D eigenvalue weighted by molar-refractivity contribution is -0.0240. The highest BCUT2D eigenvalue weighted by Crippen LogP contribution is 2.40. The second kappa shape index (κ2) is 7.45. The molecule has 1 saturated heterocycles. The van der Waals surface area contributed by atoms with E-state index in [0.717, 1.165) is 31.7 Å². The normalized spacial score (nSPS) is 26.9. The maximum atomic E-state index is 10.6. The summed E-state index contributed by atoms with van der Waals surface area (Å²) in [6, 6.07) is 13.3. The number of aliphatic hydroxyl groups is 1. The molecule has 1 aromatic carbocycles. The molecule has 1 saturated carbocycles. The first kappa shape index (κ1) is 17.6. The quantitative estimate of drug-likeness (QED) is 0.897. The van der Waals surface area contributed by atoms with Crippen LogP contribution < -0.4 is 14.4 Å². The van der Waals surface area contributed by atoms with Crippen molar-refractivity contribution in [2.75, 3.05) is 25.1 Å². The first-order chi connectivity index (χ1) is 13.2. The molecule has 6 heteroatoms. The van der Waals surface area contributed by atoms with Crippen LogP contribution >= 0.6 is 0 Å². The highest BCUT2D eigenvalue weighted by atomic mass is 16.5. The second-order valence-corrected chi connectivity index (χ2v) is 7.29. The Labute approximate surface area is 159 Å². The third-order valence-electron chi connectivity index (χ3n) is 5.63. The SMILES string of the molecule is COc1ccccc1O[C@@H]1C[C@@H]2CN(c3ccc(C#N)cn3)C[C@@H]2C[C@H]1O. The summed E-state index contributed by atoms with van der Waals surface area (Å²) in [6.45, 7) is 1.77. The van der Waals surface area contributed by atoms with Gasteiger partial charge in [-0.1, -0.05) is 12.1 Å². The molecule has 1 N–H and O–H groups in total. The number of fused-ring (bicyclic) bond motifs is 1. The van der Waals surface area contributed by atoms with Crippen LogP contribution in [0.4, 0.5) is 5.82 Å². The Balaban J connectivity index is 1.45. The summed E-state index contributed by atoms with van der Waals surface area (Å²) in [5.74, 6) is 3.12.